The van der Waals surface area contributed by atoms with Gasteiger partial charge in [-0.05, 0) is 54.1 Å². The number of amides is 1. The number of carbonyl (C=O) groups is 2. The Morgan fingerprint density at radius 1 is 1.00 bits per heavy atom. The molecule has 9 heteroatoms. The minimum absolute atomic E-state index is 0.110. The first-order chi connectivity index (χ1) is 18.4. The number of carbonyl (C=O) groups excluding carboxylic acids is 1. The van der Waals surface area contributed by atoms with E-state index >= 15 is 0 Å². The van der Waals surface area contributed by atoms with Crippen LogP contribution in [0.15, 0.2) is 96.3 Å². The van der Waals surface area contributed by atoms with Crippen LogP contribution in [0.3, 0.4) is 0 Å². The molecule has 3 heterocycles. The van der Waals surface area contributed by atoms with Crippen molar-refractivity contribution < 1.29 is 19.1 Å². The fraction of sp³-hybridized carbons (Fsp3) is 0.172. The van der Waals surface area contributed by atoms with Gasteiger partial charge < -0.3 is 14.9 Å². The second kappa shape index (κ2) is 9.26. The number of nitrogens with zero attached hydrogens (tertiary/aromatic N) is 5. The fourth-order valence-electron chi connectivity index (χ4n) is 5.47. The van der Waals surface area contributed by atoms with Crippen LogP contribution >= 0.6 is 0 Å². The van der Waals surface area contributed by atoms with E-state index in [1.165, 1.54) is 18.3 Å². The molecule has 0 radical (unpaired) electrons. The van der Waals surface area contributed by atoms with Crippen molar-refractivity contribution in [3.63, 3.8) is 0 Å². The van der Waals surface area contributed by atoms with E-state index in [1.807, 2.05) is 55.5 Å². The molecule has 4 atom stereocenters. The van der Waals surface area contributed by atoms with Crippen LogP contribution in [0.5, 0.6) is 0 Å². The summed E-state index contributed by atoms with van der Waals surface area (Å²) in [5, 5.41) is 15.2. The van der Waals surface area contributed by atoms with Crippen LogP contribution < -0.4 is 4.90 Å². The molecule has 1 fully saturated rings. The lowest BCUT2D eigenvalue weighted by atomic mass is 9.92. The number of carboxylic acids is 1. The zero-order valence-electron chi connectivity index (χ0n) is 20.4. The Hall–Kier alpha value is -4.79. The first kappa shape index (κ1) is 23.6. The van der Waals surface area contributed by atoms with Crippen LogP contribution in [0.1, 0.15) is 18.5 Å². The number of rotatable bonds is 5. The molecule has 0 saturated carbocycles. The Balaban J connectivity index is 1.45. The van der Waals surface area contributed by atoms with Gasteiger partial charge in [0.1, 0.15) is 5.82 Å². The number of benzene rings is 3. The first-order valence-electron chi connectivity index (χ1n) is 12.3. The molecule has 190 valence electrons. The van der Waals surface area contributed by atoms with Crippen molar-refractivity contribution in [3.8, 4) is 5.69 Å². The largest absolute Gasteiger partial charge is 0.478 e. The average Bonchev–Trinajstić information content (AvgIpc) is 3.47. The van der Waals surface area contributed by atoms with Gasteiger partial charge in [0.05, 0.1) is 35.4 Å². The van der Waals surface area contributed by atoms with Gasteiger partial charge in [-0.3, -0.25) is 9.79 Å². The monoisotopic (exact) mass is 509 g/mol. The highest BCUT2D eigenvalue weighted by Gasteiger charge is 2.51. The van der Waals surface area contributed by atoms with Crippen LogP contribution in [0.4, 0.5) is 10.1 Å². The topological polar surface area (TPSA) is 91.0 Å². The lowest BCUT2D eigenvalue weighted by Crippen LogP contribution is -2.48. The third-order valence-electron chi connectivity index (χ3n) is 7.20. The van der Waals surface area contributed by atoms with Crippen LogP contribution in [0, 0.1) is 11.7 Å². The predicted octanol–water partition coefficient (Wildman–Crippen LogP) is 4.57. The van der Waals surface area contributed by atoms with E-state index < -0.39 is 30.1 Å². The lowest BCUT2D eigenvalue weighted by Gasteiger charge is -2.38. The zero-order valence-corrected chi connectivity index (χ0v) is 20.4. The van der Waals surface area contributed by atoms with Gasteiger partial charge in [-0.15, -0.1) is 0 Å². The molecule has 0 aliphatic carbocycles. The summed E-state index contributed by atoms with van der Waals surface area (Å²) in [6.45, 7) is 1.83. The summed E-state index contributed by atoms with van der Waals surface area (Å²) in [6, 6.07) is 20.4. The standard InChI is InChI=1S/C29H24FN5O3/c1-18-25(33-15-5-14-31-27(33)29(37)38)26(19-6-3-2-4-7-19)34(28(18)36)23-12-13-24-20(16-23)17-32-35(24)22-10-8-21(30)9-11-22/h2-18,25-27H,1H3,(H,37,38). The molecule has 3 aromatic carbocycles. The summed E-state index contributed by atoms with van der Waals surface area (Å²) < 4.78 is 15.2. The van der Waals surface area contributed by atoms with Crippen molar-refractivity contribution in [2.45, 2.75) is 25.2 Å². The van der Waals surface area contributed by atoms with Gasteiger partial charge in [0, 0.05) is 23.5 Å². The highest BCUT2D eigenvalue weighted by Crippen LogP contribution is 2.44. The van der Waals surface area contributed by atoms with Gasteiger partial charge in [0.25, 0.3) is 0 Å². The molecule has 1 saturated heterocycles. The van der Waals surface area contributed by atoms with Crippen molar-refractivity contribution in [2.75, 3.05) is 4.90 Å². The van der Waals surface area contributed by atoms with Crippen LogP contribution in [-0.2, 0) is 9.59 Å². The molecular weight excluding hydrogens is 485 g/mol. The molecule has 4 aromatic rings. The normalized spacial score (nSPS) is 22.9. The number of halogens is 1. The first-order valence-corrected chi connectivity index (χ1v) is 12.3. The molecule has 0 spiro atoms. The predicted molar refractivity (Wildman–Crippen MR) is 142 cm³/mol. The van der Waals surface area contributed by atoms with Gasteiger partial charge in [-0.2, -0.15) is 5.10 Å². The fourth-order valence-corrected chi connectivity index (χ4v) is 5.47. The average molecular weight is 510 g/mol. The molecule has 1 aromatic heterocycles. The molecule has 38 heavy (non-hydrogen) atoms. The highest BCUT2D eigenvalue weighted by molar-refractivity contribution is 6.01. The van der Waals surface area contributed by atoms with Gasteiger partial charge in [0.15, 0.2) is 0 Å². The van der Waals surface area contributed by atoms with Crippen molar-refractivity contribution in [1.29, 1.82) is 0 Å². The molecule has 2 aliphatic heterocycles. The minimum atomic E-state index is -1.12. The quantitative estimate of drug-likeness (QED) is 0.426. The smallest absolute Gasteiger partial charge is 0.349 e. The number of hydrogen-bond acceptors (Lipinski definition) is 5. The van der Waals surface area contributed by atoms with Crippen molar-refractivity contribution in [1.82, 2.24) is 14.7 Å². The Labute approximate surface area is 217 Å². The van der Waals surface area contributed by atoms with Gasteiger partial charge in [0.2, 0.25) is 12.1 Å². The Morgan fingerprint density at radius 2 is 1.74 bits per heavy atom. The van der Waals surface area contributed by atoms with E-state index in [4.69, 9.17) is 0 Å². The third kappa shape index (κ3) is 3.83. The van der Waals surface area contributed by atoms with Crippen LogP contribution in [0.2, 0.25) is 0 Å². The van der Waals surface area contributed by atoms with Crippen molar-refractivity contribution >= 4 is 34.7 Å². The molecule has 1 amide bonds. The highest BCUT2D eigenvalue weighted by atomic mass is 19.1. The molecule has 2 aliphatic rings. The molecular formula is C29H24FN5O3. The molecule has 4 unspecified atom stereocenters. The summed E-state index contributed by atoms with van der Waals surface area (Å²) in [6.07, 6.45) is 5.46. The van der Waals surface area contributed by atoms with E-state index in [9.17, 15) is 19.1 Å². The summed E-state index contributed by atoms with van der Waals surface area (Å²) in [5.74, 6) is -2.01. The summed E-state index contributed by atoms with van der Waals surface area (Å²) in [4.78, 5) is 33.5. The lowest BCUT2D eigenvalue weighted by molar-refractivity contribution is -0.143. The number of aromatic nitrogens is 2. The summed E-state index contributed by atoms with van der Waals surface area (Å²) >= 11 is 0. The second-order valence-corrected chi connectivity index (χ2v) is 9.42. The number of anilines is 1. The van der Waals surface area contributed by atoms with Crippen molar-refractivity contribution in [3.05, 3.63) is 103 Å². The maximum atomic E-state index is 13.8. The number of allylic oxidation sites excluding steroid dienone is 1. The number of aliphatic imine (C=N–C) groups is 1. The third-order valence-corrected chi connectivity index (χ3v) is 7.20. The second-order valence-electron chi connectivity index (χ2n) is 9.42. The molecule has 0 bridgehead atoms. The van der Waals surface area contributed by atoms with Gasteiger partial charge in [-0.25, -0.2) is 13.9 Å². The number of carboxylic acid groups (broad SMARTS) is 1. The Kier molecular flexibility index (Phi) is 5.75. The summed E-state index contributed by atoms with van der Waals surface area (Å²) in [5.41, 5.74) is 3.11. The Morgan fingerprint density at radius 3 is 2.47 bits per heavy atom. The van der Waals surface area contributed by atoms with Crippen LogP contribution in [-0.4, -0.2) is 50.1 Å². The summed E-state index contributed by atoms with van der Waals surface area (Å²) in [7, 11) is 0. The van der Waals surface area contributed by atoms with E-state index in [1.54, 1.807) is 45.1 Å². The maximum Gasteiger partial charge on any atom is 0.349 e. The maximum absolute atomic E-state index is 13.8. The van der Waals surface area contributed by atoms with E-state index in [-0.39, 0.29) is 11.7 Å². The van der Waals surface area contributed by atoms with Crippen molar-refractivity contribution in [2.24, 2.45) is 10.9 Å². The van der Waals surface area contributed by atoms with Crippen LogP contribution in [0.25, 0.3) is 16.6 Å². The molecule has 1 N–H and O–H groups in total. The Bertz CT molecular complexity index is 1580. The van der Waals surface area contributed by atoms with E-state index in [2.05, 4.69) is 10.1 Å². The van der Waals surface area contributed by atoms with E-state index in [0.717, 1.165) is 22.2 Å². The van der Waals surface area contributed by atoms with E-state index in [0.29, 0.717) is 5.69 Å². The number of aliphatic carboxylic acids is 1. The number of fused-ring (bicyclic) bond motifs is 1. The zero-order chi connectivity index (χ0) is 26.4. The molecule has 6 rings (SSSR count). The minimum Gasteiger partial charge on any atom is -0.478 e. The van der Waals surface area contributed by atoms with Gasteiger partial charge >= 0.3 is 5.97 Å². The number of hydrogen-bond donors (Lipinski definition) is 1. The van der Waals surface area contributed by atoms with Gasteiger partial charge in [-0.1, -0.05) is 37.3 Å². The molecule has 8 nitrogen and oxygen atoms in total. The SMILES string of the molecule is CC1C(=O)N(c2ccc3c(cnn3-c3ccc(F)cc3)c2)C(c2ccccc2)C1N1C=CC=NC1C(=O)O.